The zero-order valence-electron chi connectivity index (χ0n) is 11.2. The number of amides is 1. The standard InChI is InChI=1S/C13H25N3O.ClH/c1-10(14)12-4-6-16(7-5-12)9-13(17)15-8-11-2-3-11;/h10-12H,2-9,14H2,1H3,(H,15,17);1H. The van der Waals surface area contributed by atoms with Crippen LogP contribution in [0, 0.1) is 11.8 Å². The maximum absolute atomic E-state index is 11.7. The van der Waals surface area contributed by atoms with Crippen molar-refractivity contribution in [3.8, 4) is 0 Å². The van der Waals surface area contributed by atoms with Gasteiger partial charge in [-0.25, -0.2) is 0 Å². The molecule has 0 bridgehead atoms. The number of carbonyl (C=O) groups excluding carboxylic acids is 1. The Labute approximate surface area is 116 Å². The van der Waals surface area contributed by atoms with Crippen LogP contribution in [0.5, 0.6) is 0 Å². The van der Waals surface area contributed by atoms with E-state index in [-0.39, 0.29) is 18.3 Å². The summed E-state index contributed by atoms with van der Waals surface area (Å²) in [7, 11) is 0. The first kappa shape index (κ1) is 15.7. The molecule has 106 valence electrons. The first-order valence-corrected chi connectivity index (χ1v) is 6.90. The summed E-state index contributed by atoms with van der Waals surface area (Å²) < 4.78 is 0. The van der Waals surface area contributed by atoms with Gasteiger partial charge >= 0.3 is 0 Å². The van der Waals surface area contributed by atoms with Gasteiger partial charge in [0.25, 0.3) is 0 Å². The van der Waals surface area contributed by atoms with Crippen LogP contribution in [-0.4, -0.2) is 43.0 Å². The lowest BCUT2D eigenvalue weighted by molar-refractivity contribution is -0.122. The minimum Gasteiger partial charge on any atom is -0.355 e. The molecule has 18 heavy (non-hydrogen) atoms. The lowest BCUT2D eigenvalue weighted by atomic mass is 9.91. The molecule has 1 atom stereocenters. The summed E-state index contributed by atoms with van der Waals surface area (Å²) in [5.74, 6) is 1.60. The van der Waals surface area contributed by atoms with Crippen LogP contribution in [0.2, 0.25) is 0 Å². The number of likely N-dealkylation sites (tertiary alicyclic amines) is 1. The quantitative estimate of drug-likeness (QED) is 0.787. The average molecular weight is 276 g/mol. The fourth-order valence-corrected chi connectivity index (χ4v) is 2.48. The summed E-state index contributed by atoms with van der Waals surface area (Å²) in [5, 5.41) is 3.02. The van der Waals surface area contributed by atoms with E-state index in [1.807, 2.05) is 0 Å². The van der Waals surface area contributed by atoms with Gasteiger partial charge in [0.2, 0.25) is 5.91 Å². The van der Waals surface area contributed by atoms with Crippen molar-refractivity contribution in [2.24, 2.45) is 17.6 Å². The molecule has 2 rings (SSSR count). The number of piperidine rings is 1. The van der Waals surface area contributed by atoms with Crippen LogP contribution in [0.25, 0.3) is 0 Å². The summed E-state index contributed by atoms with van der Waals surface area (Å²) in [4.78, 5) is 13.9. The Hall–Kier alpha value is -0.320. The Morgan fingerprint density at radius 1 is 1.33 bits per heavy atom. The molecule has 1 saturated carbocycles. The van der Waals surface area contributed by atoms with Crippen molar-refractivity contribution in [2.75, 3.05) is 26.2 Å². The molecule has 1 amide bonds. The molecule has 4 nitrogen and oxygen atoms in total. The van der Waals surface area contributed by atoms with Crippen molar-refractivity contribution in [1.29, 1.82) is 0 Å². The monoisotopic (exact) mass is 275 g/mol. The summed E-state index contributed by atoms with van der Waals surface area (Å²) >= 11 is 0. The minimum atomic E-state index is 0. The second-order valence-corrected chi connectivity index (χ2v) is 5.72. The number of carbonyl (C=O) groups is 1. The van der Waals surface area contributed by atoms with Crippen LogP contribution in [0.15, 0.2) is 0 Å². The number of halogens is 1. The van der Waals surface area contributed by atoms with E-state index in [1.54, 1.807) is 0 Å². The third kappa shape index (κ3) is 5.12. The molecule has 3 N–H and O–H groups in total. The van der Waals surface area contributed by atoms with Gasteiger partial charge in [-0.05, 0) is 57.5 Å². The molecule has 0 aromatic heterocycles. The predicted molar refractivity (Wildman–Crippen MR) is 75.8 cm³/mol. The minimum absolute atomic E-state index is 0. The second-order valence-electron chi connectivity index (χ2n) is 5.72. The zero-order valence-corrected chi connectivity index (χ0v) is 12.0. The normalized spacial score (nSPS) is 23.2. The summed E-state index contributed by atoms with van der Waals surface area (Å²) in [6, 6.07) is 0.292. The Bertz CT molecular complexity index is 261. The van der Waals surface area contributed by atoms with Crippen molar-refractivity contribution in [3.63, 3.8) is 0 Å². The number of nitrogens with two attached hydrogens (primary N) is 1. The molecule has 2 fully saturated rings. The van der Waals surface area contributed by atoms with Crippen molar-refractivity contribution < 1.29 is 4.79 Å². The van der Waals surface area contributed by atoms with E-state index in [0.717, 1.165) is 38.4 Å². The Balaban J connectivity index is 0.00000162. The van der Waals surface area contributed by atoms with E-state index in [1.165, 1.54) is 12.8 Å². The van der Waals surface area contributed by atoms with Crippen molar-refractivity contribution in [1.82, 2.24) is 10.2 Å². The third-order valence-corrected chi connectivity index (χ3v) is 4.03. The summed E-state index contributed by atoms with van der Waals surface area (Å²) in [5.41, 5.74) is 5.90. The highest BCUT2D eigenvalue weighted by atomic mass is 35.5. The van der Waals surface area contributed by atoms with Crippen molar-refractivity contribution in [3.05, 3.63) is 0 Å². The van der Waals surface area contributed by atoms with Crippen LogP contribution in [0.1, 0.15) is 32.6 Å². The molecule has 1 saturated heterocycles. The first-order chi connectivity index (χ1) is 8.15. The molecular weight excluding hydrogens is 250 g/mol. The highest BCUT2D eigenvalue weighted by molar-refractivity contribution is 5.85. The van der Waals surface area contributed by atoms with E-state index in [0.29, 0.717) is 18.5 Å². The summed E-state index contributed by atoms with van der Waals surface area (Å²) in [6.45, 7) is 5.57. The molecule has 1 unspecified atom stereocenters. The zero-order chi connectivity index (χ0) is 12.3. The molecule has 1 heterocycles. The van der Waals surface area contributed by atoms with Gasteiger partial charge < -0.3 is 11.1 Å². The van der Waals surface area contributed by atoms with E-state index in [4.69, 9.17) is 5.73 Å². The fourth-order valence-electron chi connectivity index (χ4n) is 2.48. The van der Waals surface area contributed by atoms with Gasteiger partial charge in [-0.3, -0.25) is 9.69 Å². The molecular formula is C13H26ClN3O. The van der Waals surface area contributed by atoms with Gasteiger partial charge in [0.05, 0.1) is 6.54 Å². The predicted octanol–water partition coefficient (Wildman–Crippen LogP) is 0.994. The molecule has 0 aromatic carbocycles. The smallest absolute Gasteiger partial charge is 0.234 e. The lowest BCUT2D eigenvalue weighted by Gasteiger charge is -2.33. The largest absolute Gasteiger partial charge is 0.355 e. The lowest BCUT2D eigenvalue weighted by Crippen LogP contribution is -2.44. The Kier molecular flexibility index (Phi) is 6.39. The number of hydrogen-bond acceptors (Lipinski definition) is 3. The molecule has 1 aliphatic heterocycles. The van der Waals surface area contributed by atoms with E-state index < -0.39 is 0 Å². The van der Waals surface area contributed by atoms with Gasteiger partial charge in [0, 0.05) is 12.6 Å². The van der Waals surface area contributed by atoms with E-state index in [2.05, 4.69) is 17.1 Å². The van der Waals surface area contributed by atoms with Crippen LogP contribution >= 0.6 is 12.4 Å². The Morgan fingerprint density at radius 3 is 2.44 bits per heavy atom. The second kappa shape index (κ2) is 7.31. The number of nitrogens with zero attached hydrogens (tertiary/aromatic N) is 1. The molecule has 0 radical (unpaired) electrons. The van der Waals surface area contributed by atoms with Crippen LogP contribution in [-0.2, 0) is 4.79 Å². The highest BCUT2D eigenvalue weighted by Crippen LogP contribution is 2.27. The number of nitrogens with one attached hydrogen (secondary N) is 1. The first-order valence-electron chi connectivity index (χ1n) is 6.90. The Morgan fingerprint density at radius 2 is 1.94 bits per heavy atom. The average Bonchev–Trinajstić information content (AvgIpc) is 3.11. The van der Waals surface area contributed by atoms with Crippen LogP contribution < -0.4 is 11.1 Å². The van der Waals surface area contributed by atoms with Crippen molar-refractivity contribution >= 4 is 18.3 Å². The van der Waals surface area contributed by atoms with Gasteiger partial charge in [0.1, 0.15) is 0 Å². The SMILES string of the molecule is CC(N)C1CCN(CC(=O)NCC2CC2)CC1.Cl. The maximum atomic E-state index is 11.7. The van der Waals surface area contributed by atoms with Crippen LogP contribution in [0.4, 0.5) is 0 Å². The molecule has 0 aromatic rings. The third-order valence-electron chi connectivity index (χ3n) is 4.03. The van der Waals surface area contributed by atoms with Crippen molar-refractivity contribution in [2.45, 2.75) is 38.6 Å². The van der Waals surface area contributed by atoms with Gasteiger partial charge in [-0.1, -0.05) is 0 Å². The number of hydrogen-bond donors (Lipinski definition) is 2. The van der Waals surface area contributed by atoms with Gasteiger partial charge in [-0.15, -0.1) is 12.4 Å². The summed E-state index contributed by atoms with van der Waals surface area (Å²) in [6.07, 6.45) is 4.85. The van der Waals surface area contributed by atoms with E-state index in [9.17, 15) is 4.79 Å². The number of rotatable bonds is 5. The molecule has 1 aliphatic carbocycles. The fraction of sp³-hybridized carbons (Fsp3) is 0.923. The molecule has 2 aliphatic rings. The highest BCUT2D eigenvalue weighted by Gasteiger charge is 2.24. The van der Waals surface area contributed by atoms with Crippen LogP contribution in [0.3, 0.4) is 0 Å². The maximum Gasteiger partial charge on any atom is 0.234 e. The van der Waals surface area contributed by atoms with E-state index >= 15 is 0 Å². The van der Waals surface area contributed by atoms with Gasteiger partial charge in [-0.2, -0.15) is 0 Å². The molecule has 5 heteroatoms. The molecule has 0 spiro atoms. The van der Waals surface area contributed by atoms with Gasteiger partial charge in [0.15, 0.2) is 0 Å². The topological polar surface area (TPSA) is 58.4 Å².